The van der Waals surface area contributed by atoms with Crippen molar-refractivity contribution in [1.29, 1.82) is 0 Å². The van der Waals surface area contributed by atoms with Gasteiger partial charge in [-0.15, -0.1) is 0 Å². The molecule has 3 aliphatic rings. The summed E-state index contributed by atoms with van der Waals surface area (Å²) in [6.45, 7) is 2.91. The lowest BCUT2D eigenvalue weighted by molar-refractivity contribution is -0.125. The van der Waals surface area contributed by atoms with Gasteiger partial charge in [0.25, 0.3) is 0 Å². The molecule has 4 atom stereocenters. The molecule has 3 fully saturated rings. The van der Waals surface area contributed by atoms with Crippen LogP contribution in [-0.2, 0) is 4.79 Å². The van der Waals surface area contributed by atoms with Gasteiger partial charge in [-0.1, -0.05) is 19.3 Å². The van der Waals surface area contributed by atoms with E-state index >= 15 is 0 Å². The topological polar surface area (TPSA) is 41.1 Å². The molecule has 2 heterocycles. The minimum Gasteiger partial charge on any atom is -0.356 e. The normalized spacial score (nSPS) is 43.9. The molecule has 0 aromatic rings. The number of fused-ring (bicyclic) bond motifs is 3. The minimum absolute atomic E-state index is 0.257. The van der Waals surface area contributed by atoms with Crippen molar-refractivity contribution in [3.63, 3.8) is 0 Å². The Morgan fingerprint density at radius 1 is 0.938 bits per heavy atom. The van der Waals surface area contributed by atoms with Gasteiger partial charge in [0.1, 0.15) is 0 Å². The van der Waals surface area contributed by atoms with Crippen molar-refractivity contribution in [3.8, 4) is 0 Å². The van der Waals surface area contributed by atoms with Gasteiger partial charge in [0, 0.05) is 13.1 Å². The van der Waals surface area contributed by atoms with Crippen LogP contribution in [0.15, 0.2) is 0 Å². The summed E-state index contributed by atoms with van der Waals surface area (Å²) in [5.41, 5.74) is 0. The smallest absolute Gasteiger partial charge is 0.224 e. The average Bonchev–Trinajstić information content (AvgIpc) is 2.60. The second kappa shape index (κ2) is 4.36. The Morgan fingerprint density at radius 2 is 1.81 bits per heavy atom. The molecule has 3 nitrogen and oxygen atoms in total. The Morgan fingerprint density at radius 3 is 2.75 bits per heavy atom. The number of rotatable bonds is 0. The highest BCUT2D eigenvalue weighted by atomic mass is 16.1. The molecule has 3 heteroatoms. The molecule has 0 spiro atoms. The van der Waals surface area contributed by atoms with Gasteiger partial charge in [-0.2, -0.15) is 0 Å². The van der Waals surface area contributed by atoms with E-state index in [-0.39, 0.29) is 5.92 Å². The van der Waals surface area contributed by atoms with E-state index in [4.69, 9.17) is 0 Å². The summed E-state index contributed by atoms with van der Waals surface area (Å²) in [4.78, 5) is 12.0. The fourth-order valence-electron chi connectivity index (χ4n) is 4.03. The van der Waals surface area contributed by atoms with Gasteiger partial charge in [-0.25, -0.2) is 0 Å². The second-order valence-electron chi connectivity index (χ2n) is 5.74. The first kappa shape index (κ1) is 10.6. The Hall–Kier alpha value is -0.570. The zero-order valence-corrected chi connectivity index (χ0v) is 9.87. The van der Waals surface area contributed by atoms with E-state index < -0.39 is 0 Å². The first-order valence-electron chi connectivity index (χ1n) is 6.84. The van der Waals surface area contributed by atoms with Crippen LogP contribution < -0.4 is 10.6 Å². The van der Waals surface area contributed by atoms with Gasteiger partial charge in [-0.3, -0.25) is 4.79 Å². The lowest BCUT2D eigenvalue weighted by atomic mass is 9.75. The van der Waals surface area contributed by atoms with Crippen molar-refractivity contribution in [2.45, 2.75) is 32.1 Å². The summed E-state index contributed by atoms with van der Waals surface area (Å²) in [5.74, 6) is 2.73. The third kappa shape index (κ3) is 1.75. The standard InChI is InChI=1S/C13H22N2O/c16-13-12-8-14-7-11(12)10-5-3-1-2-4-9(10)6-15-13/h9-12,14H,1-8H2,(H,15,16). The van der Waals surface area contributed by atoms with Gasteiger partial charge in [-0.05, 0) is 37.1 Å². The van der Waals surface area contributed by atoms with Crippen LogP contribution in [0, 0.1) is 23.7 Å². The first-order valence-corrected chi connectivity index (χ1v) is 6.84. The van der Waals surface area contributed by atoms with Crippen LogP contribution in [0.4, 0.5) is 0 Å². The Bertz CT molecular complexity index is 279. The molecule has 2 aliphatic heterocycles. The van der Waals surface area contributed by atoms with E-state index in [9.17, 15) is 4.79 Å². The third-order valence-corrected chi connectivity index (χ3v) is 4.90. The second-order valence-corrected chi connectivity index (χ2v) is 5.74. The molecule has 0 aromatic heterocycles. The van der Waals surface area contributed by atoms with Crippen molar-refractivity contribution in [3.05, 3.63) is 0 Å². The van der Waals surface area contributed by atoms with Crippen LogP contribution >= 0.6 is 0 Å². The van der Waals surface area contributed by atoms with E-state index in [0.717, 1.165) is 31.5 Å². The summed E-state index contributed by atoms with van der Waals surface area (Å²) in [6.07, 6.45) is 6.81. The van der Waals surface area contributed by atoms with Crippen molar-refractivity contribution in [2.75, 3.05) is 19.6 Å². The molecule has 1 saturated carbocycles. The number of amides is 1. The van der Waals surface area contributed by atoms with E-state index in [1.54, 1.807) is 0 Å². The molecule has 3 rings (SSSR count). The highest BCUT2D eigenvalue weighted by Gasteiger charge is 2.43. The highest BCUT2D eigenvalue weighted by Crippen LogP contribution is 2.40. The van der Waals surface area contributed by atoms with Crippen molar-refractivity contribution < 1.29 is 4.79 Å². The highest BCUT2D eigenvalue weighted by molar-refractivity contribution is 5.80. The monoisotopic (exact) mass is 222 g/mol. The molecule has 16 heavy (non-hydrogen) atoms. The molecule has 0 aromatic carbocycles. The Kier molecular flexibility index (Phi) is 2.88. The molecule has 0 radical (unpaired) electrons. The van der Waals surface area contributed by atoms with Gasteiger partial charge in [0.05, 0.1) is 5.92 Å². The zero-order valence-electron chi connectivity index (χ0n) is 9.87. The molecule has 2 saturated heterocycles. The molecule has 0 bridgehead atoms. The lowest BCUT2D eigenvalue weighted by Crippen LogP contribution is -2.33. The molecule has 2 N–H and O–H groups in total. The summed E-state index contributed by atoms with van der Waals surface area (Å²) >= 11 is 0. The summed E-state index contributed by atoms with van der Waals surface area (Å²) < 4.78 is 0. The minimum atomic E-state index is 0.257. The number of nitrogens with one attached hydrogen (secondary N) is 2. The third-order valence-electron chi connectivity index (χ3n) is 4.90. The summed E-state index contributed by atoms with van der Waals surface area (Å²) in [7, 11) is 0. The molecule has 90 valence electrons. The Labute approximate surface area is 97.4 Å². The van der Waals surface area contributed by atoms with Gasteiger partial charge >= 0.3 is 0 Å². The van der Waals surface area contributed by atoms with E-state index in [1.165, 1.54) is 32.1 Å². The fourth-order valence-corrected chi connectivity index (χ4v) is 4.03. The molecule has 4 unspecified atom stereocenters. The largest absolute Gasteiger partial charge is 0.356 e. The fraction of sp³-hybridized carbons (Fsp3) is 0.923. The van der Waals surface area contributed by atoms with Crippen molar-refractivity contribution >= 4 is 5.91 Å². The molecular formula is C13H22N2O. The molecule has 1 aliphatic carbocycles. The van der Waals surface area contributed by atoms with E-state index in [2.05, 4.69) is 10.6 Å². The van der Waals surface area contributed by atoms with Gasteiger partial charge < -0.3 is 10.6 Å². The number of hydrogen-bond donors (Lipinski definition) is 2. The maximum Gasteiger partial charge on any atom is 0.224 e. The van der Waals surface area contributed by atoms with Crippen LogP contribution in [0.5, 0.6) is 0 Å². The van der Waals surface area contributed by atoms with Crippen LogP contribution in [0.25, 0.3) is 0 Å². The van der Waals surface area contributed by atoms with Crippen molar-refractivity contribution in [2.24, 2.45) is 23.7 Å². The van der Waals surface area contributed by atoms with Crippen LogP contribution in [0.2, 0.25) is 0 Å². The quantitative estimate of drug-likeness (QED) is 0.645. The number of carbonyl (C=O) groups is 1. The SMILES string of the molecule is O=C1NCC2CCCCCC2C2CNCC12. The summed E-state index contributed by atoms with van der Waals surface area (Å²) in [5, 5.41) is 6.58. The van der Waals surface area contributed by atoms with E-state index in [1.807, 2.05) is 0 Å². The van der Waals surface area contributed by atoms with Crippen LogP contribution in [0.1, 0.15) is 32.1 Å². The predicted molar refractivity (Wildman–Crippen MR) is 62.9 cm³/mol. The number of carbonyl (C=O) groups excluding carboxylic acids is 1. The average molecular weight is 222 g/mol. The van der Waals surface area contributed by atoms with Crippen LogP contribution in [-0.4, -0.2) is 25.5 Å². The maximum atomic E-state index is 12.0. The maximum absolute atomic E-state index is 12.0. The van der Waals surface area contributed by atoms with Gasteiger partial charge in [0.15, 0.2) is 0 Å². The Balaban J connectivity index is 1.84. The number of hydrogen-bond acceptors (Lipinski definition) is 2. The van der Waals surface area contributed by atoms with E-state index in [0.29, 0.717) is 11.8 Å². The van der Waals surface area contributed by atoms with Gasteiger partial charge in [0.2, 0.25) is 5.91 Å². The predicted octanol–water partition coefficient (Wildman–Crippen LogP) is 1.15. The molecular weight excluding hydrogens is 200 g/mol. The van der Waals surface area contributed by atoms with Crippen LogP contribution in [0.3, 0.4) is 0 Å². The zero-order chi connectivity index (χ0) is 11.0. The van der Waals surface area contributed by atoms with Crippen molar-refractivity contribution in [1.82, 2.24) is 10.6 Å². The molecule has 1 amide bonds. The lowest BCUT2D eigenvalue weighted by Gasteiger charge is -2.28. The summed E-state index contributed by atoms with van der Waals surface area (Å²) in [6, 6.07) is 0. The first-order chi connectivity index (χ1) is 7.86.